The van der Waals surface area contributed by atoms with Gasteiger partial charge in [0.2, 0.25) is 0 Å². The number of carbonyl (C=O) groups excluding carboxylic acids is 1. The first-order valence-corrected chi connectivity index (χ1v) is 8.24. The van der Waals surface area contributed by atoms with Crippen molar-refractivity contribution < 1.29 is 4.79 Å². The maximum atomic E-state index is 13.0. The van der Waals surface area contributed by atoms with E-state index in [9.17, 15) is 4.79 Å². The van der Waals surface area contributed by atoms with E-state index in [-0.39, 0.29) is 5.91 Å². The number of anilines is 1. The number of pyridine rings is 1. The minimum absolute atomic E-state index is 0.209. The largest absolute Gasteiger partial charge is 0.322 e. The fraction of sp³-hybridized carbons (Fsp3) is 0.0500. The Morgan fingerprint density at radius 1 is 0.962 bits per heavy atom. The van der Waals surface area contributed by atoms with E-state index in [2.05, 4.69) is 15.4 Å². The van der Waals surface area contributed by atoms with E-state index in [1.54, 1.807) is 29.2 Å². The van der Waals surface area contributed by atoms with E-state index in [1.165, 1.54) is 0 Å². The van der Waals surface area contributed by atoms with Gasteiger partial charge in [-0.25, -0.2) is 4.68 Å². The van der Waals surface area contributed by atoms with E-state index >= 15 is 0 Å². The molecule has 0 spiro atoms. The van der Waals surface area contributed by atoms with Crippen molar-refractivity contribution in [3.05, 3.63) is 90.6 Å². The summed E-state index contributed by atoms with van der Waals surface area (Å²) in [5.41, 5.74) is 2.77. The van der Waals surface area contributed by atoms with Crippen molar-refractivity contribution >= 4 is 11.6 Å². The smallest absolute Gasteiger partial charge is 0.261 e. The SMILES string of the molecule is Cc1nn(-c2ccccc2)c(-n2cccc2)c1C(=O)Nc1ccncc1. The van der Waals surface area contributed by atoms with E-state index < -0.39 is 0 Å². The van der Waals surface area contributed by atoms with Crippen LogP contribution in [0.5, 0.6) is 0 Å². The average molecular weight is 343 g/mol. The van der Waals surface area contributed by atoms with E-state index in [4.69, 9.17) is 0 Å². The molecule has 0 unspecified atom stereocenters. The molecule has 128 valence electrons. The highest BCUT2D eigenvalue weighted by molar-refractivity contribution is 6.07. The number of nitrogens with one attached hydrogen (secondary N) is 1. The highest BCUT2D eigenvalue weighted by atomic mass is 16.1. The fourth-order valence-corrected chi connectivity index (χ4v) is 2.87. The molecule has 0 aliphatic carbocycles. The molecule has 1 aromatic carbocycles. The van der Waals surface area contributed by atoms with Crippen LogP contribution in [0.25, 0.3) is 11.5 Å². The second-order valence-electron chi connectivity index (χ2n) is 5.81. The molecule has 0 aliphatic heterocycles. The number of hydrogen-bond donors (Lipinski definition) is 1. The monoisotopic (exact) mass is 343 g/mol. The van der Waals surface area contributed by atoms with Crippen LogP contribution in [-0.2, 0) is 0 Å². The summed E-state index contributed by atoms with van der Waals surface area (Å²) in [6.45, 7) is 1.84. The first kappa shape index (κ1) is 15.8. The summed E-state index contributed by atoms with van der Waals surface area (Å²) in [5, 5.41) is 7.54. The van der Waals surface area contributed by atoms with Gasteiger partial charge in [-0.1, -0.05) is 18.2 Å². The van der Waals surface area contributed by atoms with Crippen molar-refractivity contribution in [1.82, 2.24) is 19.3 Å². The third-order valence-corrected chi connectivity index (χ3v) is 4.05. The lowest BCUT2D eigenvalue weighted by molar-refractivity contribution is 0.102. The zero-order valence-electron chi connectivity index (χ0n) is 14.2. The van der Waals surface area contributed by atoms with Crippen molar-refractivity contribution in [2.75, 3.05) is 5.32 Å². The maximum Gasteiger partial charge on any atom is 0.261 e. The molecule has 3 aromatic heterocycles. The molecule has 0 atom stereocenters. The van der Waals surface area contributed by atoms with Gasteiger partial charge in [0.15, 0.2) is 5.82 Å². The first-order valence-electron chi connectivity index (χ1n) is 8.24. The van der Waals surface area contributed by atoms with Gasteiger partial charge in [0, 0.05) is 30.5 Å². The number of carbonyl (C=O) groups is 1. The molecule has 0 bridgehead atoms. The lowest BCUT2D eigenvalue weighted by atomic mass is 10.2. The minimum atomic E-state index is -0.209. The van der Waals surface area contributed by atoms with Crippen LogP contribution in [0.4, 0.5) is 5.69 Å². The number of nitrogens with zero attached hydrogens (tertiary/aromatic N) is 4. The van der Waals surface area contributed by atoms with Gasteiger partial charge in [-0.3, -0.25) is 9.78 Å². The van der Waals surface area contributed by atoms with Crippen LogP contribution >= 0.6 is 0 Å². The molecular weight excluding hydrogens is 326 g/mol. The summed E-state index contributed by atoms with van der Waals surface area (Å²) >= 11 is 0. The van der Waals surface area contributed by atoms with Crippen LogP contribution in [0.1, 0.15) is 16.1 Å². The van der Waals surface area contributed by atoms with Gasteiger partial charge in [-0.05, 0) is 43.3 Å². The highest BCUT2D eigenvalue weighted by Crippen LogP contribution is 2.24. The summed E-state index contributed by atoms with van der Waals surface area (Å²) in [4.78, 5) is 17.0. The Morgan fingerprint density at radius 3 is 2.35 bits per heavy atom. The molecule has 0 saturated carbocycles. The van der Waals surface area contributed by atoms with Gasteiger partial charge in [-0.15, -0.1) is 0 Å². The topological polar surface area (TPSA) is 64.7 Å². The van der Waals surface area contributed by atoms with Crippen molar-refractivity contribution in [2.45, 2.75) is 6.92 Å². The van der Waals surface area contributed by atoms with Gasteiger partial charge in [-0.2, -0.15) is 5.10 Å². The third kappa shape index (κ3) is 2.88. The van der Waals surface area contributed by atoms with Gasteiger partial charge >= 0.3 is 0 Å². The Bertz CT molecular complexity index is 1020. The number of para-hydroxylation sites is 1. The van der Waals surface area contributed by atoms with Gasteiger partial charge in [0.1, 0.15) is 5.56 Å². The minimum Gasteiger partial charge on any atom is -0.322 e. The Hall–Kier alpha value is -3.67. The summed E-state index contributed by atoms with van der Waals surface area (Å²) in [5.74, 6) is 0.491. The summed E-state index contributed by atoms with van der Waals surface area (Å²) in [6, 6.07) is 17.1. The summed E-state index contributed by atoms with van der Waals surface area (Å²) in [6.07, 6.45) is 7.09. The summed E-state index contributed by atoms with van der Waals surface area (Å²) < 4.78 is 3.69. The second-order valence-corrected chi connectivity index (χ2v) is 5.81. The van der Waals surface area contributed by atoms with E-state index in [0.29, 0.717) is 22.8 Å². The number of amides is 1. The number of hydrogen-bond acceptors (Lipinski definition) is 3. The van der Waals surface area contributed by atoms with Crippen molar-refractivity contribution in [3.63, 3.8) is 0 Å². The molecule has 26 heavy (non-hydrogen) atoms. The molecule has 6 nitrogen and oxygen atoms in total. The molecule has 4 aromatic rings. The van der Waals surface area contributed by atoms with Crippen molar-refractivity contribution in [3.8, 4) is 11.5 Å². The number of aromatic nitrogens is 4. The molecule has 1 amide bonds. The number of aryl methyl sites for hydroxylation is 1. The average Bonchev–Trinajstić information content (AvgIpc) is 3.30. The predicted molar refractivity (Wildman–Crippen MR) is 99.8 cm³/mol. The first-order chi connectivity index (χ1) is 12.7. The van der Waals surface area contributed by atoms with Crippen LogP contribution in [0, 0.1) is 6.92 Å². The molecule has 0 fully saturated rings. The quantitative estimate of drug-likeness (QED) is 0.615. The van der Waals surface area contributed by atoms with Gasteiger partial charge in [0.05, 0.1) is 11.4 Å². The maximum absolute atomic E-state index is 13.0. The third-order valence-electron chi connectivity index (χ3n) is 4.05. The lowest BCUT2D eigenvalue weighted by Gasteiger charge is -2.11. The molecule has 4 rings (SSSR count). The zero-order chi connectivity index (χ0) is 17.9. The molecule has 3 heterocycles. The van der Waals surface area contributed by atoms with Crippen molar-refractivity contribution in [2.24, 2.45) is 0 Å². The molecule has 0 aliphatic rings. The number of benzene rings is 1. The van der Waals surface area contributed by atoms with E-state index in [0.717, 1.165) is 5.69 Å². The highest BCUT2D eigenvalue weighted by Gasteiger charge is 2.23. The summed E-state index contributed by atoms with van der Waals surface area (Å²) in [7, 11) is 0. The molecule has 6 heteroatoms. The zero-order valence-corrected chi connectivity index (χ0v) is 14.2. The predicted octanol–water partition coefficient (Wildman–Crippen LogP) is 3.62. The van der Waals surface area contributed by atoms with Crippen LogP contribution in [-0.4, -0.2) is 25.2 Å². The van der Waals surface area contributed by atoms with Crippen LogP contribution in [0.15, 0.2) is 79.4 Å². The van der Waals surface area contributed by atoms with Crippen molar-refractivity contribution in [1.29, 1.82) is 0 Å². The second kappa shape index (κ2) is 6.68. The molecular formula is C20H17N5O. The fourth-order valence-electron chi connectivity index (χ4n) is 2.87. The molecule has 0 saturated heterocycles. The number of rotatable bonds is 4. The molecule has 1 N–H and O–H groups in total. The van der Waals surface area contributed by atoms with Crippen LogP contribution < -0.4 is 5.32 Å². The lowest BCUT2D eigenvalue weighted by Crippen LogP contribution is -2.16. The Balaban J connectivity index is 1.84. The van der Waals surface area contributed by atoms with Crippen LogP contribution in [0.3, 0.4) is 0 Å². The van der Waals surface area contributed by atoms with Gasteiger partial charge < -0.3 is 9.88 Å². The molecule has 0 radical (unpaired) electrons. The van der Waals surface area contributed by atoms with Gasteiger partial charge in [0.25, 0.3) is 5.91 Å². The Labute approximate surface area is 150 Å². The Kier molecular flexibility index (Phi) is 4.07. The normalized spacial score (nSPS) is 10.7. The Morgan fingerprint density at radius 2 is 1.65 bits per heavy atom. The van der Waals surface area contributed by atoms with Crippen LogP contribution in [0.2, 0.25) is 0 Å². The standard InChI is InChI=1S/C20H17N5O/c1-15-18(19(26)22-16-9-11-21-12-10-16)20(24-13-5-6-14-24)25(23-15)17-7-3-2-4-8-17/h2-14H,1H3,(H,21,22,26). The van der Waals surface area contributed by atoms with E-state index in [1.807, 2.05) is 66.3 Å².